The zero-order chi connectivity index (χ0) is 22.2. The summed E-state index contributed by atoms with van der Waals surface area (Å²) in [5.74, 6) is -0.376. The van der Waals surface area contributed by atoms with E-state index in [1.54, 1.807) is 0 Å². The Morgan fingerprint density at radius 2 is 1.74 bits per heavy atom. The summed E-state index contributed by atoms with van der Waals surface area (Å²) in [5, 5.41) is 10.8. The molecule has 0 radical (unpaired) electrons. The maximum Gasteiger partial charge on any atom is 0.573 e. The minimum Gasteiger partial charge on any atom is -0.406 e. The van der Waals surface area contributed by atoms with E-state index in [4.69, 9.17) is 5.26 Å². The highest BCUT2D eigenvalue weighted by atomic mass is 32.2. The molecule has 0 saturated heterocycles. The zero-order valence-electron chi connectivity index (χ0n) is 15.8. The highest BCUT2D eigenvalue weighted by molar-refractivity contribution is 7.89. The van der Waals surface area contributed by atoms with Crippen LogP contribution in [0.15, 0.2) is 64.9 Å². The van der Waals surface area contributed by atoms with Gasteiger partial charge in [-0.25, -0.2) is 8.42 Å². The van der Waals surface area contributed by atoms with Crippen LogP contribution in [-0.2, 0) is 16.4 Å². The van der Waals surface area contributed by atoms with Crippen LogP contribution in [0.25, 0.3) is 0 Å². The number of benzene rings is 2. The second-order valence-corrected chi connectivity index (χ2v) is 9.71. The summed E-state index contributed by atoms with van der Waals surface area (Å²) < 4.78 is 69.6. The van der Waals surface area contributed by atoms with Crippen molar-refractivity contribution in [1.29, 1.82) is 5.26 Å². The molecule has 1 aromatic heterocycles. The van der Waals surface area contributed by atoms with Gasteiger partial charge in [0.15, 0.2) is 0 Å². The summed E-state index contributed by atoms with van der Waals surface area (Å²) in [6.07, 6.45) is -4.27. The van der Waals surface area contributed by atoms with E-state index in [0.717, 1.165) is 10.4 Å². The average molecular weight is 464 g/mol. The molecule has 1 atom stereocenters. The summed E-state index contributed by atoms with van der Waals surface area (Å²) in [7, 11) is -3.93. The van der Waals surface area contributed by atoms with Gasteiger partial charge in [-0.2, -0.15) is 9.57 Å². The van der Waals surface area contributed by atoms with E-state index in [-0.39, 0.29) is 17.2 Å². The molecule has 0 fully saturated rings. The van der Waals surface area contributed by atoms with Crippen molar-refractivity contribution in [2.45, 2.75) is 23.7 Å². The van der Waals surface area contributed by atoms with Gasteiger partial charge in [-0.1, -0.05) is 12.1 Å². The number of thiophene rings is 1. The third-order valence-electron chi connectivity index (χ3n) is 4.94. The molecule has 0 amide bonds. The van der Waals surface area contributed by atoms with Crippen LogP contribution in [0.3, 0.4) is 0 Å². The van der Waals surface area contributed by atoms with E-state index in [1.807, 2.05) is 17.5 Å². The molecular formula is C21H15F3N2O3S2. The van der Waals surface area contributed by atoms with Crippen molar-refractivity contribution in [2.24, 2.45) is 0 Å². The lowest BCUT2D eigenvalue weighted by molar-refractivity contribution is -0.274. The van der Waals surface area contributed by atoms with Gasteiger partial charge in [-0.3, -0.25) is 0 Å². The number of hydrogen-bond donors (Lipinski definition) is 0. The van der Waals surface area contributed by atoms with Crippen molar-refractivity contribution in [3.05, 3.63) is 81.5 Å². The number of halogens is 3. The van der Waals surface area contributed by atoms with Crippen LogP contribution in [0.5, 0.6) is 5.75 Å². The smallest absolute Gasteiger partial charge is 0.406 e. The van der Waals surface area contributed by atoms with Gasteiger partial charge < -0.3 is 4.74 Å². The molecule has 2 heterocycles. The quantitative estimate of drug-likeness (QED) is 0.553. The third-order valence-corrected chi connectivity index (χ3v) is 7.82. The Morgan fingerprint density at radius 1 is 1.06 bits per heavy atom. The van der Waals surface area contributed by atoms with E-state index in [0.29, 0.717) is 17.5 Å². The lowest BCUT2D eigenvalue weighted by Crippen LogP contribution is -2.40. The molecule has 0 spiro atoms. The second-order valence-electron chi connectivity index (χ2n) is 6.82. The van der Waals surface area contributed by atoms with Crippen LogP contribution in [0.1, 0.15) is 27.6 Å². The standard InChI is InChI=1S/C21H15F3N2O3S2/c22-21(23,24)29-16-5-3-15(4-6-16)20-18-10-12-30-19(18)9-11-26(20)31(27,28)17-7-1-14(13-25)2-8-17/h1-8,10,12,20H,9,11H2. The highest BCUT2D eigenvalue weighted by Crippen LogP contribution is 2.41. The van der Waals surface area contributed by atoms with E-state index < -0.39 is 22.4 Å². The monoisotopic (exact) mass is 464 g/mol. The fraction of sp³-hybridized carbons (Fsp3) is 0.190. The van der Waals surface area contributed by atoms with Crippen molar-refractivity contribution < 1.29 is 26.3 Å². The van der Waals surface area contributed by atoms with Crippen molar-refractivity contribution in [1.82, 2.24) is 4.31 Å². The lowest BCUT2D eigenvalue weighted by atomic mass is 9.95. The van der Waals surface area contributed by atoms with Gasteiger partial charge in [0.1, 0.15) is 5.75 Å². The van der Waals surface area contributed by atoms with E-state index in [2.05, 4.69) is 4.74 Å². The number of nitrogens with zero attached hydrogens (tertiary/aromatic N) is 2. The number of rotatable bonds is 4. The van der Waals surface area contributed by atoms with Crippen LogP contribution < -0.4 is 4.74 Å². The Balaban J connectivity index is 1.74. The Hall–Kier alpha value is -2.87. The highest BCUT2D eigenvalue weighted by Gasteiger charge is 2.38. The first-order chi connectivity index (χ1) is 14.7. The van der Waals surface area contributed by atoms with Gasteiger partial charge >= 0.3 is 6.36 Å². The Bertz CT molecular complexity index is 1230. The Labute approximate surface area is 181 Å². The van der Waals surface area contributed by atoms with Crippen LogP contribution in [-0.4, -0.2) is 25.6 Å². The first-order valence-electron chi connectivity index (χ1n) is 9.13. The lowest BCUT2D eigenvalue weighted by Gasteiger charge is -2.35. The first kappa shape index (κ1) is 21.4. The molecule has 0 saturated carbocycles. The van der Waals surface area contributed by atoms with Crippen LogP contribution in [0.2, 0.25) is 0 Å². The predicted octanol–water partition coefficient (Wildman–Crippen LogP) is 4.85. The topological polar surface area (TPSA) is 70.4 Å². The van der Waals surface area contributed by atoms with Crippen molar-refractivity contribution in [2.75, 3.05) is 6.54 Å². The molecule has 1 aliphatic rings. The summed E-state index contributed by atoms with van der Waals surface area (Å²) in [6, 6.07) is 14.0. The minimum atomic E-state index is -4.81. The summed E-state index contributed by atoms with van der Waals surface area (Å²) in [5.41, 5.74) is 1.68. The van der Waals surface area contributed by atoms with Crippen LogP contribution in [0.4, 0.5) is 13.2 Å². The number of sulfonamides is 1. The van der Waals surface area contributed by atoms with Crippen molar-refractivity contribution >= 4 is 21.4 Å². The average Bonchev–Trinajstić information content (AvgIpc) is 3.21. The van der Waals surface area contributed by atoms with Crippen LogP contribution in [0, 0.1) is 11.3 Å². The van der Waals surface area contributed by atoms with Gasteiger partial charge in [0.05, 0.1) is 22.6 Å². The number of hydrogen-bond acceptors (Lipinski definition) is 5. The zero-order valence-corrected chi connectivity index (χ0v) is 17.5. The van der Waals surface area contributed by atoms with E-state index >= 15 is 0 Å². The molecule has 4 rings (SSSR count). The van der Waals surface area contributed by atoms with Gasteiger partial charge in [0.2, 0.25) is 10.0 Å². The predicted molar refractivity (Wildman–Crippen MR) is 108 cm³/mol. The Morgan fingerprint density at radius 3 is 2.35 bits per heavy atom. The maximum absolute atomic E-state index is 13.4. The molecule has 5 nitrogen and oxygen atoms in total. The largest absolute Gasteiger partial charge is 0.573 e. The number of fused-ring (bicyclic) bond motifs is 1. The molecule has 1 aliphatic heterocycles. The number of nitriles is 1. The molecule has 2 aromatic carbocycles. The van der Waals surface area contributed by atoms with Crippen LogP contribution >= 0.6 is 11.3 Å². The third kappa shape index (κ3) is 4.30. The molecule has 0 aliphatic carbocycles. The van der Waals surface area contributed by atoms with Crippen molar-refractivity contribution in [3.8, 4) is 11.8 Å². The van der Waals surface area contributed by atoms with Gasteiger partial charge in [0.25, 0.3) is 0 Å². The minimum absolute atomic E-state index is 0.0483. The fourth-order valence-electron chi connectivity index (χ4n) is 3.59. The van der Waals surface area contributed by atoms with Gasteiger partial charge in [-0.15, -0.1) is 24.5 Å². The normalized spacial score (nSPS) is 17.0. The van der Waals surface area contributed by atoms with E-state index in [9.17, 15) is 21.6 Å². The molecule has 1 unspecified atom stereocenters. The molecule has 3 aromatic rings. The number of alkyl halides is 3. The molecule has 0 N–H and O–H groups in total. The Kier molecular flexibility index (Phi) is 5.51. The van der Waals surface area contributed by atoms with E-state index in [1.165, 1.54) is 64.2 Å². The fourth-order valence-corrected chi connectivity index (χ4v) is 6.09. The molecule has 0 bridgehead atoms. The molecular weight excluding hydrogens is 449 g/mol. The summed E-state index contributed by atoms with van der Waals surface area (Å²) >= 11 is 1.52. The van der Waals surface area contributed by atoms with Gasteiger partial charge in [-0.05, 0) is 65.4 Å². The summed E-state index contributed by atoms with van der Waals surface area (Å²) in [6.45, 7) is 0.224. The number of ether oxygens (including phenoxy) is 1. The van der Waals surface area contributed by atoms with Crippen molar-refractivity contribution in [3.63, 3.8) is 0 Å². The molecule has 160 valence electrons. The SMILES string of the molecule is N#Cc1ccc(S(=O)(=O)N2CCc3sccc3C2c2ccc(OC(F)(F)F)cc2)cc1. The summed E-state index contributed by atoms with van der Waals surface area (Å²) in [4.78, 5) is 1.08. The second kappa shape index (κ2) is 8.00. The van der Waals surface area contributed by atoms with Gasteiger partial charge in [0, 0.05) is 11.4 Å². The molecule has 10 heteroatoms. The maximum atomic E-state index is 13.4. The molecule has 31 heavy (non-hydrogen) atoms. The first-order valence-corrected chi connectivity index (χ1v) is 11.4.